The third-order valence-corrected chi connectivity index (χ3v) is 3.75. The Labute approximate surface area is 127 Å². The molecule has 0 bridgehead atoms. The van der Waals surface area contributed by atoms with Crippen LogP contribution in [0.3, 0.4) is 0 Å². The van der Waals surface area contributed by atoms with Crippen LogP contribution in [0.4, 0.5) is 0 Å². The molecule has 1 aliphatic heterocycles. The zero-order chi connectivity index (χ0) is 15.5. The molecule has 1 fully saturated rings. The molecule has 0 spiro atoms. The van der Waals surface area contributed by atoms with E-state index >= 15 is 0 Å². The number of hydrogen-bond acceptors (Lipinski definition) is 4. The normalized spacial score (nSPS) is 17.6. The number of hydrazine groups is 1. The number of carbonyl (C=O) groups is 2. The molecule has 116 valence electrons. The van der Waals surface area contributed by atoms with E-state index in [0.717, 1.165) is 17.5 Å². The molecule has 1 saturated heterocycles. The number of rotatable bonds is 3. The number of benzene rings is 1. The van der Waals surface area contributed by atoms with Gasteiger partial charge < -0.3 is 9.30 Å². The van der Waals surface area contributed by atoms with Crippen LogP contribution in [0.1, 0.15) is 18.7 Å². The molecule has 1 aromatic heterocycles. The van der Waals surface area contributed by atoms with Crippen molar-refractivity contribution in [2.75, 3.05) is 6.61 Å². The largest absolute Gasteiger partial charge is 0.368 e. The van der Waals surface area contributed by atoms with Gasteiger partial charge in [-0.05, 0) is 25.0 Å². The first-order valence-corrected chi connectivity index (χ1v) is 7.26. The van der Waals surface area contributed by atoms with Crippen molar-refractivity contribution < 1.29 is 14.3 Å². The number of carbonyl (C=O) groups excluding carboxylic acids is 2. The smallest absolute Gasteiger partial charge is 0.267 e. The van der Waals surface area contributed by atoms with E-state index in [1.165, 1.54) is 0 Å². The van der Waals surface area contributed by atoms with Crippen molar-refractivity contribution in [2.45, 2.75) is 25.4 Å². The molecular weight excluding hydrogens is 284 g/mol. The Balaban J connectivity index is 1.58. The molecule has 7 heteroatoms. The van der Waals surface area contributed by atoms with Crippen LogP contribution < -0.4 is 10.9 Å². The number of aryl methyl sites for hydroxylation is 1. The standard InChI is InChI=1S/C15H18N4O3/c1-19-11-6-3-2-5-10(11)16-13(19)9-14(20)17-18-15(21)12-7-4-8-22-12/h2-3,5-6,12H,4,7-9H2,1H3,(H,17,20)(H,18,21)/t12-/m0/s1. The highest BCUT2D eigenvalue weighted by atomic mass is 16.5. The summed E-state index contributed by atoms with van der Waals surface area (Å²) in [4.78, 5) is 28.1. The summed E-state index contributed by atoms with van der Waals surface area (Å²) < 4.78 is 7.12. The molecule has 2 heterocycles. The molecule has 0 radical (unpaired) electrons. The molecule has 1 atom stereocenters. The Kier molecular flexibility index (Phi) is 4.06. The fourth-order valence-corrected chi connectivity index (χ4v) is 2.54. The second-order valence-electron chi connectivity index (χ2n) is 5.29. The molecule has 1 aromatic carbocycles. The van der Waals surface area contributed by atoms with Gasteiger partial charge in [0.15, 0.2) is 0 Å². The minimum absolute atomic E-state index is 0.0942. The predicted molar refractivity (Wildman–Crippen MR) is 79.7 cm³/mol. The first-order chi connectivity index (χ1) is 10.6. The number of aromatic nitrogens is 2. The monoisotopic (exact) mass is 302 g/mol. The van der Waals surface area contributed by atoms with Crippen LogP contribution in [-0.2, 0) is 27.8 Å². The lowest BCUT2D eigenvalue weighted by atomic mass is 10.2. The van der Waals surface area contributed by atoms with Gasteiger partial charge in [-0.15, -0.1) is 0 Å². The van der Waals surface area contributed by atoms with Crippen molar-refractivity contribution >= 4 is 22.8 Å². The van der Waals surface area contributed by atoms with E-state index in [1.54, 1.807) is 0 Å². The van der Waals surface area contributed by atoms with Crippen LogP contribution in [0.2, 0.25) is 0 Å². The third kappa shape index (κ3) is 2.94. The molecule has 2 aromatic rings. The summed E-state index contributed by atoms with van der Waals surface area (Å²) >= 11 is 0. The van der Waals surface area contributed by atoms with Crippen molar-refractivity contribution in [2.24, 2.45) is 7.05 Å². The zero-order valence-electron chi connectivity index (χ0n) is 12.3. The number of para-hydroxylation sites is 2. The zero-order valence-corrected chi connectivity index (χ0v) is 12.3. The van der Waals surface area contributed by atoms with E-state index < -0.39 is 6.10 Å². The van der Waals surface area contributed by atoms with Gasteiger partial charge in [-0.25, -0.2) is 4.98 Å². The van der Waals surface area contributed by atoms with Gasteiger partial charge >= 0.3 is 0 Å². The Hall–Kier alpha value is -2.41. The van der Waals surface area contributed by atoms with Gasteiger partial charge in [-0.2, -0.15) is 0 Å². The summed E-state index contributed by atoms with van der Waals surface area (Å²) in [5, 5.41) is 0. The number of ether oxygens (including phenoxy) is 1. The van der Waals surface area contributed by atoms with Crippen LogP contribution in [0.5, 0.6) is 0 Å². The van der Waals surface area contributed by atoms with E-state index in [4.69, 9.17) is 4.74 Å². The molecule has 22 heavy (non-hydrogen) atoms. The fourth-order valence-electron chi connectivity index (χ4n) is 2.54. The number of nitrogens with zero attached hydrogens (tertiary/aromatic N) is 2. The van der Waals surface area contributed by atoms with Gasteiger partial charge in [0.1, 0.15) is 11.9 Å². The number of nitrogens with one attached hydrogen (secondary N) is 2. The average molecular weight is 302 g/mol. The van der Waals surface area contributed by atoms with Crippen molar-refractivity contribution in [3.63, 3.8) is 0 Å². The maximum Gasteiger partial charge on any atom is 0.267 e. The van der Waals surface area contributed by atoms with Gasteiger partial charge in [0.05, 0.1) is 17.5 Å². The lowest BCUT2D eigenvalue weighted by molar-refractivity contribution is -0.134. The highest BCUT2D eigenvalue weighted by molar-refractivity contribution is 5.86. The molecule has 0 saturated carbocycles. The van der Waals surface area contributed by atoms with Gasteiger partial charge in [0, 0.05) is 13.7 Å². The summed E-state index contributed by atoms with van der Waals surface area (Å²) in [6.45, 7) is 0.589. The molecule has 7 nitrogen and oxygen atoms in total. The SMILES string of the molecule is Cn1c(CC(=O)NNC(=O)[C@@H]2CCCO2)nc2ccccc21. The minimum atomic E-state index is -0.462. The van der Waals surface area contributed by atoms with Crippen LogP contribution in [0.25, 0.3) is 11.0 Å². The molecule has 1 aliphatic rings. The van der Waals surface area contributed by atoms with Gasteiger partial charge in [0.25, 0.3) is 5.91 Å². The topological polar surface area (TPSA) is 85.2 Å². The third-order valence-electron chi connectivity index (χ3n) is 3.75. The Morgan fingerprint density at radius 2 is 2.18 bits per heavy atom. The lowest BCUT2D eigenvalue weighted by Gasteiger charge is -2.11. The van der Waals surface area contributed by atoms with Crippen molar-refractivity contribution in [3.05, 3.63) is 30.1 Å². The maximum atomic E-state index is 11.9. The van der Waals surface area contributed by atoms with Crippen molar-refractivity contribution in [1.29, 1.82) is 0 Å². The van der Waals surface area contributed by atoms with Crippen molar-refractivity contribution in [1.82, 2.24) is 20.4 Å². The number of hydrogen-bond donors (Lipinski definition) is 2. The van der Waals surface area contributed by atoms with Crippen molar-refractivity contribution in [3.8, 4) is 0 Å². The average Bonchev–Trinajstić information content (AvgIpc) is 3.15. The summed E-state index contributed by atoms with van der Waals surface area (Å²) in [5.74, 6) is 0.0191. The number of imidazole rings is 1. The summed E-state index contributed by atoms with van der Waals surface area (Å²) in [5.41, 5.74) is 6.61. The second kappa shape index (κ2) is 6.15. The summed E-state index contributed by atoms with van der Waals surface area (Å²) in [7, 11) is 1.86. The lowest BCUT2D eigenvalue weighted by Crippen LogP contribution is -2.46. The van der Waals surface area contributed by atoms with Gasteiger partial charge in [0.2, 0.25) is 5.91 Å². The molecular formula is C15H18N4O3. The highest BCUT2D eigenvalue weighted by Crippen LogP contribution is 2.14. The second-order valence-corrected chi connectivity index (χ2v) is 5.29. The summed E-state index contributed by atoms with van der Waals surface area (Å²) in [6, 6.07) is 7.68. The fraction of sp³-hybridized carbons (Fsp3) is 0.400. The van der Waals surface area contributed by atoms with E-state index in [-0.39, 0.29) is 18.2 Å². The molecule has 2 N–H and O–H groups in total. The summed E-state index contributed by atoms with van der Waals surface area (Å²) in [6.07, 6.45) is 1.19. The Morgan fingerprint density at radius 1 is 1.36 bits per heavy atom. The van der Waals surface area contributed by atoms with Gasteiger partial charge in [-0.3, -0.25) is 20.4 Å². The van der Waals surface area contributed by atoms with Crippen LogP contribution in [0, 0.1) is 0 Å². The maximum absolute atomic E-state index is 11.9. The van der Waals surface area contributed by atoms with E-state index in [2.05, 4.69) is 15.8 Å². The number of fused-ring (bicyclic) bond motifs is 1. The number of amides is 2. The van der Waals surface area contributed by atoms with E-state index in [0.29, 0.717) is 18.9 Å². The molecule has 0 aliphatic carbocycles. The highest BCUT2D eigenvalue weighted by Gasteiger charge is 2.23. The van der Waals surface area contributed by atoms with Gasteiger partial charge in [-0.1, -0.05) is 12.1 Å². The van der Waals surface area contributed by atoms with Crippen LogP contribution in [-0.4, -0.2) is 34.1 Å². The first kappa shape index (κ1) is 14.5. The van der Waals surface area contributed by atoms with E-state index in [9.17, 15) is 9.59 Å². The minimum Gasteiger partial charge on any atom is -0.368 e. The molecule has 2 amide bonds. The predicted octanol–water partition coefficient (Wildman–Crippen LogP) is 0.442. The van der Waals surface area contributed by atoms with Crippen LogP contribution >= 0.6 is 0 Å². The quantitative estimate of drug-likeness (QED) is 0.806. The van der Waals surface area contributed by atoms with Crippen LogP contribution in [0.15, 0.2) is 24.3 Å². The Morgan fingerprint density at radius 3 is 2.91 bits per heavy atom. The Bertz CT molecular complexity index is 704. The molecule has 3 rings (SSSR count). The first-order valence-electron chi connectivity index (χ1n) is 7.26. The molecule has 0 unspecified atom stereocenters. The van der Waals surface area contributed by atoms with E-state index in [1.807, 2.05) is 35.9 Å².